The third-order valence-corrected chi connectivity index (χ3v) is 4.97. The molecule has 5 nitrogen and oxygen atoms in total. The minimum absolute atomic E-state index is 0. The van der Waals surface area contributed by atoms with E-state index in [1.54, 1.807) is 0 Å². The van der Waals surface area contributed by atoms with Crippen LogP contribution in [-0.2, 0) is 12.8 Å². The molecule has 0 amide bonds. The van der Waals surface area contributed by atoms with E-state index >= 15 is 0 Å². The predicted molar refractivity (Wildman–Crippen MR) is 112 cm³/mol. The third kappa shape index (κ3) is 4.56. The van der Waals surface area contributed by atoms with Gasteiger partial charge in [-0.05, 0) is 43.0 Å². The van der Waals surface area contributed by atoms with E-state index in [2.05, 4.69) is 33.5 Å². The Hall–Kier alpha value is -2.21. The molecule has 0 aliphatic heterocycles. The van der Waals surface area contributed by atoms with Gasteiger partial charge in [-0.1, -0.05) is 30.4 Å². The van der Waals surface area contributed by atoms with Gasteiger partial charge in [0.15, 0.2) is 0 Å². The second-order valence-corrected chi connectivity index (χ2v) is 6.83. The molecule has 2 atom stereocenters. The molecular formula is C21H26ClN5. The first-order chi connectivity index (χ1) is 12.8. The molecule has 0 radical (unpaired) electrons. The fraction of sp³-hybridized carbons (Fsp3) is 0.333. The highest BCUT2D eigenvalue weighted by Crippen LogP contribution is 2.28. The third-order valence-electron chi connectivity index (χ3n) is 4.97. The van der Waals surface area contributed by atoms with E-state index in [9.17, 15) is 0 Å². The number of pyridine rings is 1. The quantitative estimate of drug-likeness (QED) is 0.569. The van der Waals surface area contributed by atoms with Crippen molar-refractivity contribution in [3.05, 3.63) is 71.8 Å². The summed E-state index contributed by atoms with van der Waals surface area (Å²) in [6.07, 6.45) is 10.3. The van der Waals surface area contributed by atoms with Crippen LogP contribution in [0.4, 0.5) is 0 Å². The van der Waals surface area contributed by atoms with E-state index in [0.717, 1.165) is 36.1 Å². The molecule has 2 heterocycles. The summed E-state index contributed by atoms with van der Waals surface area (Å²) in [4.78, 5) is 12.8. The van der Waals surface area contributed by atoms with Gasteiger partial charge in [-0.15, -0.1) is 12.4 Å². The molecule has 4 N–H and O–H groups in total. The second kappa shape index (κ2) is 9.13. The Morgan fingerprint density at radius 2 is 2.15 bits per heavy atom. The van der Waals surface area contributed by atoms with Crippen molar-refractivity contribution in [3.63, 3.8) is 0 Å². The first-order valence-electron chi connectivity index (χ1n) is 9.33. The first-order valence-corrected chi connectivity index (χ1v) is 9.33. The molecule has 0 saturated heterocycles. The Balaban J connectivity index is 0.00000210. The molecule has 2 aromatic heterocycles. The molecular weight excluding hydrogens is 358 g/mol. The van der Waals surface area contributed by atoms with Gasteiger partial charge >= 0.3 is 0 Å². The van der Waals surface area contributed by atoms with E-state index < -0.39 is 0 Å². The number of halogens is 1. The normalized spacial score (nSPS) is 17.6. The number of rotatable bonds is 6. The molecule has 1 aromatic carbocycles. The number of benzene rings is 1. The molecule has 0 spiro atoms. The van der Waals surface area contributed by atoms with Gasteiger partial charge in [-0.25, -0.2) is 4.98 Å². The lowest BCUT2D eigenvalue weighted by atomic mass is 9.91. The van der Waals surface area contributed by atoms with Crippen molar-refractivity contribution in [3.8, 4) is 0 Å². The van der Waals surface area contributed by atoms with E-state index in [0.29, 0.717) is 6.54 Å². The number of fused-ring (bicyclic) bond motifs is 2. The Morgan fingerprint density at radius 1 is 1.26 bits per heavy atom. The molecule has 6 heteroatoms. The lowest BCUT2D eigenvalue weighted by Crippen LogP contribution is -2.36. The SMILES string of the molecule is Cl.NCC=CC(Cc1nc2ccccc2[nH]1)NC1CCCc2cccnc21. The van der Waals surface area contributed by atoms with Crippen molar-refractivity contribution in [2.75, 3.05) is 6.54 Å². The number of nitrogens with two attached hydrogens (primary N) is 1. The molecule has 0 saturated carbocycles. The molecule has 0 bridgehead atoms. The average molecular weight is 384 g/mol. The van der Waals surface area contributed by atoms with Crippen molar-refractivity contribution in [2.45, 2.75) is 37.8 Å². The summed E-state index contributed by atoms with van der Waals surface area (Å²) in [5.41, 5.74) is 10.3. The van der Waals surface area contributed by atoms with Crippen LogP contribution in [-0.4, -0.2) is 27.5 Å². The van der Waals surface area contributed by atoms with Crippen LogP contribution in [0.3, 0.4) is 0 Å². The number of nitrogens with one attached hydrogen (secondary N) is 2. The molecule has 3 aromatic rings. The monoisotopic (exact) mass is 383 g/mol. The van der Waals surface area contributed by atoms with Crippen LogP contribution < -0.4 is 11.1 Å². The van der Waals surface area contributed by atoms with Crippen LogP contribution in [0, 0.1) is 0 Å². The Bertz CT molecular complexity index is 871. The number of nitrogens with zero attached hydrogens (tertiary/aromatic N) is 2. The Morgan fingerprint density at radius 3 is 3.00 bits per heavy atom. The van der Waals surface area contributed by atoms with Gasteiger partial charge in [0.05, 0.1) is 22.8 Å². The van der Waals surface area contributed by atoms with Crippen LogP contribution in [0.5, 0.6) is 0 Å². The molecule has 142 valence electrons. The zero-order valence-corrected chi connectivity index (χ0v) is 16.1. The van der Waals surface area contributed by atoms with Crippen LogP contribution in [0.1, 0.15) is 36.0 Å². The van der Waals surface area contributed by atoms with Gasteiger partial charge in [0.1, 0.15) is 5.82 Å². The van der Waals surface area contributed by atoms with Crippen molar-refractivity contribution in [1.82, 2.24) is 20.3 Å². The Labute approximate surface area is 165 Å². The van der Waals surface area contributed by atoms with Crippen LogP contribution >= 0.6 is 12.4 Å². The fourth-order valence-corrected chi connectivity index (χ4v) is 3.77. The highest BCUT2D eigenvalue weighted by Gasteiger charge is 2.23. The highest BCUT2D eigenvalue weighted by molar-refractivity contribution is 5.85. The zero-order valence-electron chi connectivity index (χ0n) is 15.3. The minimum Gasteiger partial charge on any atom is -0.342 e. The van der Waals surface area contributed by atoms with Gasteiger partial charge in [0.2, 0.25) is 0 Å². The standard InChI is InChI=1S/C21H25N5.ClH/c22-12-4-8-16(14-20-25-17-9-1-2-10-18(17)26-20)24-19-11-3-6-15-7-5-13-23-21(15)19;/h1-2,4-5,7-10,13,16,19,24H,3,6,11-12,14,22H2,(H,25,26);1H. The number of para-hydroxylation sites is 2. The Kier molecular flexibility index (Phi) is 6.61. The zero-order chi connectivity index (χ0) is 17.8. The predicted octanol–water partition coefficient (Wildman–Crippen LogP) is 3.47. The van der Waals surface area contributed by atoms with Crippen LogP contribution in [0.2, 0.25) is 0 Å². The summed E-state index contributed by atoms with van der Waals surface area (Å²) in [7, 11) is 0. The number of imidazole rings is 1. The smallest absolute Gasteiger partial charge is 0.109 e. The lowest BCUT2D eigenvalue weighted by molar-refractivity contribution is 0.414. The maximum atomic E-state index is 5.69. The minimum atomic E-state index is 0. The molecule has 4 rings (SSSR count). The van der Waals surface area contributed by atoms with E-state index in [1.165, 1.54) is 17.7 Å². The van der Waals surface area contributed by atoms with Crippen LogP contribution in [0.15, 0.2) is 54.7 Å². The molecule has 27 heavy (non-hydrogen) atoms. The molecule has 1 aliphatic carbocycles. The lowest BCUT2D eigenvalue weighted by Gasteiger charge is -2.28. The highest BCUT2D eigenvalue weighted by atomic mass is 35.5. The van der Waals surface area contributed by atoms with E-state index in [1.807, 2.05) is 36.5 Å². The van der Waals surface area contributed by atoms with Crippen molar-refractivity contribution >= 4 is 23.4 Å². The van der Waals surface area contributed by atoms with Gasteiger partial charge in [0, 0.05) is 25.2 Å². The summed E-state index contributed by atoms with van der Waals surface area (Å²) < 4.78 is 0. The van der Waals surface area contributed by atoms with Crippen LogP contribution in [0.25, 0.3) is 11.0 Å². The summed E-state index contributed by atoms with van der Waals surface area (Å²) >= 11 is 0. The van der Waals surface area contributed by atoms with E-state index in [-0.39, 0.29) is 24.5 Å². The summed E-state index contributed by atoms with van der Waals surface area (Å²) in [6, 6.07) is 12.8. The summed E-state index contributed by atoms with van der Waals surface area (Å²) in [5, 5.41) is 3.77. The average Bonchev–Trinajstić information content (AvgIpc) is 3.08. The summed E-state index contributed by atoms with van der Waals surface area (Å²) in [6.45, 7) is 0.539. The van der Waals surface area contributed by atoms with E-state index in [4.69, 9.17) is 10.7 Å². The second-order valence-electron chi connectivity index (χ2n) is 6.83. The molecule has 2 unspecified atom stereocenters. The number of hydrogen-bond donors (Lipinski definition) is 3. The topological polar surface area (TPSA) is 79.6 Å². The number of aromatic nitrogens is 3. The largest absolute Gasteiger partial charge is 0.342 e. The van der Waals surface area contributed by atoms with Crippen molar-refractivity contribution in [1.29, 1.82) is 0 Å². The number of H-pyrrole nitrogens is 1. The number of aromatic amines is 1. The van der Waals surface area contributed by atoms with Gasteiger partial charge in [0.25, 0.3) is 0 Å². The fourth-order valence-electron chi connectivity index (χ4n) is 3.77. The molecule has 1 aliphatic rings. The van der Waals surface area contributed by atoms with Crippen molar-refractivity contribution < 1.29 is 0 Å². The van der Waals surface area contributed by atoms with Gasteiger partial charge in [-0.2, -0.15) is 0 Å². The van der Waals surface area contributed by atoms with Crippen molar-refractivity contribution in [2.24, 2.45) is 5.73 Å². The maximum Gasteiger partial charge on any atom is 0.109 e. The first kappa shape index (κ1) is 19.5. The van der Waals surface area contributed by atoms with Gasteiger partial charge in [-0.3, -0.25) is 4.98 Å². The molecule has 0 fully saturated rings. The number of aryl methyl sites for hydroxylation is 1. The number of hydrogen-bond acceptors (Lipinski definition) is 4. The summed E-state index contributed by atoms with van der Waals surface area (Å²) in [5.74, 6) is 0.988. The maximum absolute atomic E-state index is 5.69. The van der Waals surface area contributed by atoms with Gasteiger partial charge < -0.3 is 16.0 Å².